The molecule has 0 heterocycles. The van der Waals surface area contributed by atoms with Gasteiger partial charge in [0.25, 0.3) is 0 Å². The van der Waals surface area contributed by atoms with E-state index in [1.165, 1.54) is 12.1 Å². The third kappa shape index (κ3) is 4.21. The molecule has 0 radical (unpaired) electrons. The van der Waals surface area contributed by atoms with Gasteiger partial charge in [-0.15, -0.1) is 0 Å². The lowest BCUT2D eigenvalue weighted by Gasteiger charge is -2.22. The molecule has 6 heteroatoms. The molecule has 1 saturated carbocycles. The zero-order chi connectivity index (χ0) is 21.2. The highest BCUT2D eigenvalue weighted by Gasteiger charge is 2.62. The number of ether oxygens (including phenoxy) is 2. The molecule has 0 saturated heterocycles. The van der Waals surface area contributed by atoms with Crippen LogP contribution in [-0.4, -0.2) is 26.7 Å². The number of rotatable bonds is 8. The SMILES string of the molecule is COc1ccc(CCC(=O)NCC2(c3ccc(F)cc3F)CC2(C)C)cc1OC. The van der Waals surface area contributed by atoms with Gasteiger partial charge in [-0.2, -0.15) is 0 Å². The summed E-state index contributed by atoms with van der Waals surface area (Å²) in [5, 5.41) is 2.95. The normalized spacial score (nSPS) is 19.5. The maximum atomic E-state index is 14.4. The molecule has 0 aliphatic heterocycles. The third-order valence-corrected chi connectivity index (χ3v) is 6.04. The molecule has 1 amide bonds. The number of halogens is 2. The summed E-state index contributed by atoms with van der Waals surface area (Å²) in [6.45, 7) is 4.39. The second-order valence-corrected chi connectivity index (χ2v) is 8.23. The van der Waals surface area contributed by atoms with E-state index in [0.29, 0.717) is 36.4 Å². The Balaban J connectivity index is 1.62. The van der Waals surface area contributed by atoms with E-state index < -0.39 is 17.0 Å². The molecular weight excluding hydrogens is 376 g/mol. The molecule has 1 N–H and O–H groups in total. The molecule has 2 aromatic rings. The van der Waals surface area contributed by atoms with Crippen LogP contribution < -0.4 is 14.8 Å². The molecule has 1 fully saturated rings. The van der Waals surface area contributed by atoms with Crippen LogP contribution in [0.15, 0.2) is 36.4 Å². The molecule has 156 valence electrons. The molecule has 0 bridgehead atoms. The van der Waals surface area contributed by atoms with Crippen LogP contribution in [0.3, 0.4) is 0 Å². The second kappa shape index (κ2) is 8.01. The highest BCUT2D eigenvalue weighted by molar-refractivity contribution is 5.76. The molecule has 1 aliphatic rings. The Morgan fingerprint density at radius 3 is 2.34 bits per heavy atom. The van der Waals surface area contributed by atoms with Crippen LogP contribution in [0.2, 0.25) is 0 Å². The van der Waals surface area contributed by atoms with Crippen molar-refractivity contribution in [2.24, 2.45) is 5.41 Å². The Morgan fingerprint density at radius 1 is 1.07 bits per heavy atom. The summed E-state index contributed by atoms with van der Waals surface area (Å²) in [7, 11) is 3.14. The quantitative estimate of drug-likeness (QED) is 0.711. The number of hydrogen-bond acceptors (Lipinski definition) is 3. The molecule has 0 aromatic heterocycles. The lowest BCUT2D eigenvalue weighted by Crippen LogP contribution is -2.35. The minimum absolute atomic E-state index is 0.107. The average Bonchev–Trinajstić information content (AvgIpc) is 3.25. The molecule has 0 spiro atoms. The number of nitrogens with one attached hydrogen (secondary N) is 1. The van der Waals surface area contributed by atoms with Gasteiger partial charge < -0.3 is 14.8 Å². The molecule has 4 nitrogen and oxygen atoms in total. The first-order chi connectivity index (χ1) is 13.7. The van der Waals surface area contributed by atoms with Crippen molar-refractivity contribution in [3.8, 4) is 11.5 Å². The van der Waals surface area contributed by atoms with Gasteiger partial charge >= 0.3 is 0 Å². The van der Waals surface area contributed by atoms with Gasteiger partial charge in [-0.3, -0.25) is 4.79 Å². The first-order valence-electron chi connectivity index (χ1n) is 9.65. The minimum Gasteiger partial charge on any atom is -0.493 e. The maximum absolute atomic E-state index is 14.4. The summed E-state index contributed by atoms with van der Waals surface area (Å²) in [5.74, 6) is -0.00542. The van der Waals surface area contributed by atoms with Gasteiger partial charge in [0.1, 0.15) is 11.6 Å². The fourth-order valence-corrected chi connectivity index (χ4v) is 4.08. The Hall–Kier alpha value is -2.63. The monoisotopic (exact) mass is 403 g/mol. The first kappa shape index (κ1) is 21.1. The van der Waals surface area contributed by atoms with Crippen LogP contribution in [0.25, 0.3) is 0 Å². The van der Waals surface area contributed by atoms with Gasteiger partial charge in [0.05, 0.1) is 14.2 Å². The topological polar surface area (TPSA) is 47.6 Å². The zero-order valence-electron chi connectivity index (χ0n) is 17.3. The third-order valence-electron chi connectivity index (χ3n) is 6.04. The summed E-state index contributed by atoms with van der Waals surface area (Å²) in [4.78, 5) is 12.4. The highest BCUT2D eigenvalue weighted by Crippen LogP contribution is 2.64. The lowest BCUT2D eigenvalue weighted by atomic mass is 9.87. The molecule has 1 aliphatic carbocycles. The van der Waals surface area contributed by atoms with E-state index in [2.05, 4.69) is 5.32 Å². The van der Waals surface area contributed by atoms with Gasteiger partial charge in [0, 0.05) is 24.4 Å². The van der Waals surface area contributed by atoms with Crippen molar-refractivity contribution < 1.29 is 23.0 Å². The highest BCUT2D eigenvalue weighted by atomic mass is 19.1. The molecule has 1 atom stereocenters. The van der Waals surface area contributed by atoms with E-state index in [9.17, 15) is 13.6 Å². The fraction of sp³-hybridized carbons (Fsp3) is 0.435. The Bertz CT molecular complexity index is 913. The van der Waals surface area contributed by atoms with E-state index >= 15 is 0 Å². The standard InChI is InChI=1S/C23H27F2NO3/c1-22(2)13-23(22,17-8-7-16(24)12-18(17)25)14-26-21(27)10-6-15-5-9-19(28-3)20(11-15)29-4/h5,7-9,11-12H,6,10,13-14H2,1-4H3,(H,26,27). The van der Waals surface area contributed by atoms with Crippen molar-refractivity contribution >= 4 is 5.91 Å². The van der Waals surface area contributed by atoms with Crippen LogP contribution in [0.1, 0.15) is 37.8 Å². The Kier molecular flexibility index (Phi) is 5.82. The van der Waals surface area contributed by atoms with E-state index in [1.54, 1.807) is 14.2 Å². The summed E-state index contributed by atoms with van der Waals surface area (Å²) < 4.78 is 38.2. The minimum atomic E-state index is -0.598. The summed E-state index contributed by atoms with van der Waals surface area (Å²) in [6.07, 6.45) is 1.59. The summed E-state index contributed by atoms with van der Waals surface area (Å²) in [6, 6.07) is 9.23. The predicted molar refractivity (Wildman–Crippen MR) is 107 cm³/mol. The number of amides is 1. The van der Waals surface area contributed by atoms with E-state index in [4.69, 9.17) is 9.47 Å². The van der Waals surface area contributed by atoms with Crippen molar-refractivity contribution in [2.45, 2.75) is 38.5 Å². The summed E-state index contributed by atoms with van der Waals surface area (Å²) >= 11 is 0. The van der Waals surface area contributed by atoms with E-state index in [1.807, 2.05) is 32.0 Å². The number of carbonyl (C=O) groups excluding carboxylic acids is 1. The molecule has 29 heavy (non-hydrogen) atoms. The zero-order valence-corrected chi connectivity index (χ0v) is 17.3. The number of aryl methyl sites for hydroxylation is 1. The molecule has 2 aromatic carbocycles. The molecular formula is C23H27F2NO3. The van der Waals surface area contributed by atoms with Gasteiger partial charge in [-0.1, -0.05) is 26.0 Å². The second-order valence-electron chi connectivity index (χ2n) is 8.23. The van der Waals surface area contributed by atoms with E-state index in [-0.39, 0.29) is 11.3 Å². The number of carbonyl (C=O) groups is 1. The number of methoxy groups -OCH3 is 2. The Morgan fingerprint density at radius 2 is 1.76 bits per heavy atom. The van der Waals surface area contributed by atoms with Gasteiger partial charge in [-0.05, 0) is 47.6 Å². The summed E-state index contributed by atoms with van der Waals surface area (Å²) in [5.41, 5.74) is 0.749. The van der Waals surface area contributed by atoms with Crippen molar-refractivity contribution in [1.29, 1.82) is 0 Å². The van der Waals surface area contributed by atoms with Crippen molar-refractivity contribution in [2.75, 3.05) is 20.8 Å². The number of benzene rings is 2. The Labute approximate surface area is 170 Å². The van der Waals surface area contributed by atoms with Crippen molar-refractivity contribution in [1.82, 2.24) is 5.32 Å². The lowest BCUT2D eigenvalue weighted by molar-refractivity contribution is -0.121. The van der Waals surface area contributed by atoms with Crippen molar-refractivity contribution in [3.05, 3.63) is 59.2 Å². The molecule has 3 rings (SSSR count). The van der Waals surface area contributed by atoms with Gasteiger partial charge in [0.15, 0.2) is 11.5 Å². The number of hydrogen-bond donors (Lipinski definition) is 1. The predicted octanol–water partition coefficient (Wildman–Crippen LogP) is 4.40. The van der Waals surface area contributed by atoms with Crippen molar-refractivity contribution in [3.63, 3.8) is 0 Å². The van der Waals surface area contributed by atoms with Crippen LogP contribution in [0.5, 0.6) is 11.5 Å². The van der Waals surface area contributed by atoms with Crippen LogP contribution in [0, 0.1) is 17.0 Å². The average molecular weight is 403 g/mol. The van der Waals surface area contributed by atoms with Crippen LogP contribution in [0.4, 0.5) is 8.78 Å². The van der Waals surface area contributed by atoms with Gasteiger partial charge in [0.2, 0.25) is 5.91 Å². The largest absolute Gasteiger partial charge is 0.493 e. The van der Waals surface area contributed by atoms with Gasteiger partial charge in [-0.25, -0.2) is 8.78 Å². The van der Waals surface area contributed by atoms with E-state index in [0.717, 1.165) is 18.1 Å². The smallest absolute Gasteiger partial charge is 0.220 e. The molecule has 1 unspecified atom stereocenters. The fourth-order valence-electron chi connectivity index (χ4n) is 4.08. The van der Waals surface area contributed by atoms with Crippen LogP contribution >= 0.6 is 0 Å². The van der Waals surface area contributed by atoms with Crippen LogP contribution in [-0.2, 0) is 16.6 Å². The first-order valence-corrected chi connectivity index (χ1v) is 9.65. The maximum Gasteiger partial charge on any atom is 0.220 e.